The molecule has 0 saturated heterocycles. The van der Waals surface area contributed by atoms with Gasteiger partial charge in [0.2, 0.25) is 0 Å². The van der Waals surface area contributed by atoms with Crippen molar-refractivity contribution < 1.29 is 0 Å². The van der Waals surface area contributed by atoms with E-state index in [-0.39, 0.29) is 0 Å². The third-order valence-corrected chi connectivity index (χ3v) is 2.77. The fourth-order valence-corrected chi connectivity index (χ4v) is 1.94. The van der Waals surface area contributed by atoms with Crippen molar-refractivity contribution in [3.8, 4) is 0 Å². The summed E-state index contributed by atoms with van der Waals surface area (Å²) in [7, 11) is 2.06. The van der Waals surface area contributed by atoms with E-state index in [2.05, 4.69) is 36.7 Å². The lowest BCUT2D eigenvalue weighted by molar-refractivity contribution is 0.537. The molecule has 0 radical (unpaired) electrons. The molecule has 1 fully saturated rings. The van der Waals surface area contributed by atoms with Crippen molar-refractivity contribution in [1.29, 1.82) is 0 Å². The zero-order chi connectivity index (χ0) is 7.68. The molecule has 2 unspecified atom stereocenters. The predicted molar refractivity (Wildman–Crippen MR) is 47.3 cm³/mol. The van der Waals surface area contributed by atoms with Gasteiger partial charge in [0.25, 0.3) is 0 Å². The van der Waals surface area contributed by atoms with E-state index in [0.29, 0.717) is 0 Å². The maximum atomic E-state index is 3.33. The van der Waals surface area contributed by atoms with Crippen molar-refractivity contribution in [2.24, 2.45) is 11.8 Å². The Balaban J connectivity index is 1.88. The van der Waals surface area contributed by atoms with E-state index in [1.165, 1.54) is 12.8 Å². The molecule has 0 aromatic rings. The minimum absolute atomic E-state index is 0.802. The quantitative estimate of drug-likeness (QED) is 0.630. The molecule has 1 saturated carbocycles. The van der Waals surface area contributed by atoms with Crippen LogP contribution in [0.15, 0.2) is 24.3 Å². The number of hydrogen-bond acceptors (Lipinski definition) is 1. The topological polar surface area (TPSA) is 12.0 Å². The average molecular weight is 149 g/mol. The van der Waals surface area contributed by atoms with E-state index in [1.54, 1.807) is 0 Å². The van der Waals surface area contributed by atoms with E-state index < -0.39 is 0 Å². The minimum atomic E-state index is 0.802. The average Bonchev–Trinajstić information content (AvgIpc) is 2.85. The molecule has 0 bridgehead atoms. The molecule has 11 heavy (non-hydrogen) atoms. The van der Waals surface area contributed by atoms with Crippen molar-refractivity contribution in [3.63, 3.8) is 0 Å². The first-order valence-corrected chi connectivity index (χ1v) is 4.42. The highest BCUT2D eigenvalue weighted by atomic mass is 14.9. The molecule has 2 rings (SSSR count). The number of nitrogens with one attached hydrogen (secondary N) is 1. The minimum Gasteiger partial charge on any atom is -0.317 e. The van der Waals surface area contributed by atoms with Gasteiger partial charge in [-0.3, -0.25) is 0 Å². The van der Waals surface area contributed by atoms with Gasteiger partial charge in [-0.25, -0.2) is 0 Å². The van der Waals surface area contributed by atoms with Crippen LogP contribution in [-0.2, 0) is 0 Å². The molecule has 0 heterocycles. The smallest absolute Gasteiger partial charge is 0.0102 e. The molecule has 60 valence electrons. The maximum absolute atomic E-state index is 3.33. The first-order valence-electron chi connectivity index (χ1n) is 4.42. The van der Waals surface area contributed by atoms with Gasteiger partial charge in [-0.05, 0) is 31.7 Å². The molecule has 3 atom stereocenters. The van der Waals surface area contributed by atoms with Crippen LogP contribution in [0.1, 0.15) is 12.8 Å². The fourth-order valence-electron chi connectivity index (χ4n) is 1.94. The Morgan fingerprint density at radius 2 is 2.27 bits per heavy atom. The van der Waals surface area contributed by atoms with Crippen LogP contribution in [-0.4, -0.2) is 13.1 Å². The van der Waals surface area contributed by atoms with Crippen molar-refractivity contribution in [3.05, 3.63) is 24.3 Å². The van der Waals surface area contributed by atoms with Gasteiger partial charge in [0, 0.05) is 6.04 Å². The summed E-state index contributed by atoms with van der Waals surface area (Å²) in [5, 5.41) is 3.33. The monoisotopic (exact) mass is 149 g/mol. The predicted octanol–water partition coefficient (Wildman–Crippen LogP) is 1.73. The van der Waals surface area contributed by atoms with Crippen LogP contribution in [0.25, 0.3) is 0 Å². The first-order chi connectivity index (χ1) is 5.42. The van der Waals surface area contributed by atoms with E-state index in [9.17, 15) is 0 Å². The summed E-state index contributed by atoms with van der Waals surface area (Å²) in [4.78, 5) is 0. The van der Waals surface area contributed by atoms with Crippen LogP contribution in [0.2, 0.25) is 0 Å². The lowest BCUT2D eigenvalue weighted by atomic mass is 9.95. The number of hydrogen-bond donors (Lipinski definition) is 1. The van der Waals surface area contributed by atoms with Gasteiger partial charge in [0.1, 0.15) is 0 Å². The van der Waals surface area contributed by atoms with Crippen molar-refractivity contribution in [1.82, 2.24) is 5.32 Å². The van der Waals surface area contributed by atoms with Gasteiger partial charge in [-0.15, -0.1) is 0 Å². The molecule has 0 aromatic carbocycles. The molecule has 0 aromatic heterocycles. The summed E-state index contributed by atoms with van der Waals surface area (Å²) in [6, 6.07) is 0.802. The van der Waals surface area contributed by atoms with Gasteiger partial charge >= 0.3 is 0 Å². The second-order valence-corrected chi connectivity index (χ2v) is 3.51. The Hall–Kier alpha value is -0.560. The lowest BCUT2D eigenvalue weighted by Crippen LogP contribution is -2.14. The Bertz CT molecular complexity index is 193. The second-order valence-electron chi connectivity index (χ2n) is 3.51. The standard InChI is InChI=1S/C10H15N/c1-11-10-7-9(10)8-5-3-2-4-6-8/h2-5,8-11H,6-7H2,1H3/t8-,9?,10?/m1/s1. The van der Waals surface area contributed by atoms with E-state index >= 15 is 0 Å². The molecule has 2 aliphatic rings. The van der Waals surface area contributed by atoms with Crippen molar-refractivity contribution >= 4 is 0 Å². The fraction of sp³-hybridized carbons (Fsp3) is 0.600. The summed E-state index contributed by atoms with van der Waals surface area (Å²) >= 11 is 0. The molecule has 1 heteroatoms. The van der Waals surface area contributed by atoms with Crippen LogP contribution in [0.5, 0.6) is 0 Å². The third-order valence-electron chi connectivity index (χ3n) is 2.77. The summed E-state index contributed by atoms with van der Waals surface area (Å²) in [5.74, 6) is 1.73. The van der Waals surface area contributed by atoms with Crippen molar-refractivity contribution in [2.75, 3.05) is 7.05 Å². The maximum Gasteiger partial charge on any atom is 0.0102 e. The lowest BCUT2D eigenvalue weighted by Gasteiger charge is -2.11. The number of allylic oxidation sites excluding steroid dienone is 4. The van der Waals surface area contributed by atoms with Gasteiger partial charge in [-0.1, -0.05) is 24.3 Å². The van der Waals surface area contributed by atoms with Crippen LogP contribution >= 0.6 is 0 Å². The normalized spacial score (nSPS) is 41.0. The Morgan fingerprint density at radius 1 is 1.36 bits per heavy atom. The van der Waals surface area contributed by atoms with Crippen molar-refractivity contribution in [2.45, 2.75) is 18.9 Å². The summed E-state index contributed by atoms with van der Waals surface area (Å²) in [6.07, 6.45) is 11.6. The third kappa shape index (κ3) is 1.38. The molecule has 0 spiro atoms. The second kappa shape index (κ2) is 2.82. The number of rotatable bonds is 2. The van der Waals surface area contributed by atoms with E-state index in [0.717, 1.165) is 17.9 Å². The highest BCUT2D eigenvalue weighted by molar-refractivity contribution is 5.15. The highest BCUT2D eigenvalue weighted by Crippen LogP contribution is 2.40. The molecule has 1 nitrogen and oxygen atoms in total. The van der Waals surface area contributed by atoms with Crippen LogP contribution in [0.3, 0.4) is 0 Å². The van der Waals surface area contributed by atoms with Crippen LogP contribution in [0.4, 0.5) is 0 Å². The Labute approximate surface area is 68.2 Å². The molecule has 1 N–H and O–H groups in total. The Kier molecular flexibility index (Phi) is 1.82. The van der Waals surface area contributed by atoms with E-state index in [1.807, 2.05) is 0 Å². The zero-order valence-corrected chi connectivity index (χ0v) is 6.96. The molecular weight excluding hydrogens is 134 g/mol. The van der Waals surface area contributed by atoms with Gasteiger partial charge < -0.3 is 5.32 Å². The highest BCUT2D eigenvalue weighted by Gasteiger charge is 2.40. The molecule has 2 aliphatic carbocycles. The Morgan fingerprint density at radius 3 is 2.82 bits per heavy atom. The van der Waals surface area contributed by atoms with Gasteiger partial charge in [-0.2, -0.15) is 0 Å². The molecular formula is C10H15N. The first kappa shape index (κ1) is 7.11. The zero-order valence-electron chi connectivity index (χ0n) is 6.96. The van der Waals surface area contributed by atoms with Gasteiger partial charge in [0.15, 0.2) is 0 Å². The summed E-state index contributed by atoms with van der Waals surface area (Å²) < 4.78 is 0. The summed E-state index contributed by atoms with van der Waals surface area (Å²) in [6.45, 7) is 0. The molecule has 0 amide bonds. The SMILES string of the molecule is CNC1CC1[C@@H]1C=CC=CC1. The molecule has 0 aliphatic heterocycles. The van der Waals surface area contributed by atoms with Gasteiger partial charge in [0.05, 0.1) is 0 Å². The van der Waals surface area contributed by atoms with E-state index in [4.69, 9.17) is 0 Å². The summed E-state index contributed by atoms with van der Waals surface area (Å²) in [5.41, 5.74) is 0. The van der Waals surface area contributed by atoms with Crippen LogP contribution in [0, 0.1) is 11.8 Å². The van der Waals surface area contributed by atoms with Crippen LogP contribution < -0.4 is 5.32 Å². The largest absolute Gasteiger partial charge is 0.317 e.